The minimum atomic E-state index is -0.465. The van der Waals surface area contributed by atoms with Crippen LogP contribution in [0.2, 0.25) is 0 Å². The normalized spacial score (nSPS) is 18.1. The zero-order chi connectivity index (χ0) is 15.2. The van der Waals surface area contributed by atoms with Crippen LogP contribution in [0.25, 0.3) is 0 Å². The van der Waals surface area contributed by atoms with Crippen LogP contribution in [-0.2, 0) is 4.74 Å². The summed E-state index contributed by atoms with van der Waals surface area (Å²) in [4.78, 5) is 13.8. The van der Waals surface area contributed by atoms with E-state index >= 15 is 0 Å². The van der Waals surface area contributed by atoms with Crippen molar-refractivity contribution >= 4 is 23.5 Å². The SMILES string of the molecule is CCCCCSc1ccc(N2C[C@H](CN)OC2=O)cc1F. The van der Waals surface area contributed by atoms with Crippen LogP contribution < -0.4 is 10.6 Å². The van der Waals surface area contributed by atoms with Crippen LogP contribution in [0.3, 0.4) is 0 Å². The van der Waals surface area contributed by atoms with E-state index in [2.05, 4.69) is 6.92 Å². The Labute approximate surface area is 128 Å². The summed E-state index contributed by atoms with van der Waals surface area (Å²) in [5.41, 5.74) is 6.01. The van der Waals surface area contributed by atoms with Crippen LogP contribution >= 0.6 is 11.8 Å². The number of carbonyl (C=O) groups is 1. The first-order valence-corrected chi connectivity index (χ1v) is 8.24. The summed E-state index contributed by atoms with van der Waals surface area (Å²) in [7, 11) is 0. The van der Waals surface area contributed by atoms with Gasteiger partial charge in [0, 0.05) is 11.4 Å². The van der Waals surface area contributed by atoms with Crippen molar-refractivity contribution in [2.45, 2.75) is 37.2 Å². The maximum absolute atomic E-state index is 14.1. The Kier molecular flexibility index (Phi) is 5.87. The van der Waals surface area contributed by atoms with Crippen molar-refractivity contribution in [1.29, 1.82) is 0 Å². The molecule has 1 heterocycles. The molecular weight excluding hydrogens is 291 g/mol. The molecule has 0 radical (unpaired) electrons. The monoisotopic (exact) mass is 312 g/mol. The van der Waals surface area contributed by atoms with E-state index in [1.165, 1.54) is 22.7 Å². The highest BCUT2D eigenvalue weighted by Gasteiger charge is 2.31. The Bertz CT molecular complexity index is 499. The zero-order valence-electron chi connectivity index (χ0n) is 12.2. The smallest absolute Gasteiger partial charge is 0.414 e. The predicted molar refractivity (Wildman–Crippen MR) is 83.3 cm³/mol. The predicted octanol–water partition coefficient (Wildman–Crippen LogP) is 3.39. The van der Waals surface area contributed by atoms with Crippen LogP contribution in [0.5, 0.6) is 0 Å². The molecule has 0 aliphatic carbocycles. The molecule has 1 aliphatic heterocycles. The number of anilines is 1. The Balaban J connectivity index is 2.00. The summed E-state index contributed by atoms with van der Waals surface area (Å²) in [6, 6.07) is 4.87. The van der Waals surface area contributed by atoms with E-state index < -0.39 is 6.09 Å². The Hall–Kier alpha value is -1.27. The molecule has 2 rings (SSSR count). The highest BCUT2D eigenvalue weighted by molar-refractivity contribution is 7.99. The molecule has 0 bridgehead atoms. The topological polar surface area (TPSA) is 55.6 Å². The van der Waals surface area contributed by atoms with Gasteiger partial charge in [0.2, 0.25) is 0 Å². The van der Waals surface area contributed by atoms with Crippen molar-refractivity contribution in [1.82, 2.24) is 0 Å². The van der Waals surface area contributed by atoms with Gasteiger partial charge in [-0.05, 0) is 30.4 Å². The van der Waals surface area contributed by atoms with Gasteiger partial charge in [0.1, 0.15) is 11.9 Å². The van der Waals surface area contributed by atoms with E-state index in [4.69, 9.17) is 10.5 Å². The van der Waals surface area contributed by atoms with E-state index in [1.54, 1.807) is 12.1 Å². The number of hydrogen-bond donors (Lipinski definition) is 1. The molecule has 0 aromatic heterocycles. The molecule has 1 fully saturated rings. The van der Waals surface area contributed by atoms with Gasteiger partial charge in [0.15, 0.2) is 0 Å². The molecular formula is C15H21FN2O2S. The van der Waals surface area contributed by atoms with Gasteiger partial charge in [-0.2, -0.15) is 0 Å². The number of carbonyl (C=O) groups excluding carboxylic acids is 1. The first kappa shape index (κ1) is 16.1. The average Bonchev–Trinajstić information content (AvgIpc) is 2.86. The van der Waals surface area contributed by atoms with Gasteiger partial charge in [-0.15, -0.1) is 11.8 Å². The van der Waals surface area contributed by atoms with Crippen LogP contribution in [0.1, 0.15) is 26.2 Å². The number of amides is 1. The molecule has 1 atom stereocenters. The second kappa shape index (κ2) is 7.66. The molecule has 1 aromatic rings. The van der Waals surface area contributed by atoms with E-state index in [0.717, 1.165) is 25.0 Å². The fourth-order valence-corrected chi connectivity index (χ4v) is 3.09. The van der Waals surface area contributed by atoms with Crippen molar-refractivity contribution in [3.8, 4) is 0 Å². The number of unbranched alkanes of at least 4 members (excludes halogenated alkanes) is 2. The van der Waals surface area contributed by atoms with Crippen LogP contribution in [0.15, 0.2) is 23.1 Å². The number of nitrogens with zero attached hydrogens (tertiary/aromatic N) is 1. The van der Waals surface area contributed by atoms with E-state index in [0.29, 0.717) is 17.1 Å². The maximum Gasteiger partial charge on any atom is 0.414 e. The molecule has 6 heteroatoms. The molecule has 0 unspecified atom stereocenters. The minimum Gasteiger partial charge on any atom is -0.443 e. The number of thioether (sulfide) groups is 1. The van der Waals surface area contributed by atoms with E-state index in [1.807, 2.05) is 0 Å². The summed E-state index contributed by atoms with van der Waals surface area (Å²) in [5.74, 6) is 0.614. The van der Waals surface area contributed by atoms with Gasteiger partial charge in [-0.1, -0.05) is 19.8 Å². The van der Waals surface area contributed by atoms with Crippen molar-refractivity contribution < 1.29 is 13.9 Å². The summed E-state index contributed by atoms with van der Waals surface area (Å²) in [6.07, 6.45) is 2.62. The molecule has 1 aromatic carbocycles. The number of rotatable bonds is 7. The first-order chi connectivity index (χ1) is 10.2. The van der Waals surface area contributed by atoms with Gasteiger partial charge in [-0.25, -0.2) is 9.18 Å². The lowest BCUT2D eigenvalue weighted by Crippen LogP contribution is -2.27. The molecule has 2 N–H and O–H groups in total. The largest absolute Gasteiger partial charge is 0.443 e. The Morgan fingerprint density at radius 3 is 2.90 bits per heavy atom. The van der Waals surface area contributed by atoms with Gasteiger partial charge < -0.3 is 10.5 Å². The van der Waals surface area contributed by atoms with Crippen LogP contribution in [0.4, 0.5) is 14.9 Å². The quantitative estimate of drug-likeness (QED) is 0.619. The third kappa shape index (κ3) is 4.11. The lowest BCUT2D eigenvalue weighted by molar-refractivity contribution is 0.145. The van der Waals surface area contributed by atoms with Gasteiger partial charge in [-0.3, -0.25) is 4.90 Å². The van der Waals surface area contributed by atoms with Gasteiger partial charge in [0.25, 0.3) is 0 Å². The van der Waals surface area contributed by atoms with Gasteiger partial charge >= 0.3 is 6.09 Å². The molecule has 1 amide bonds. The maximum atomic E-state index is 14.1. The highest BCUT2D eigenvalue weighted by Crippen LogP contribution is 2.29. The average molecular weight is 312 g/mol. The van der Waals surface area contributed by atoms with Crippen molar-refractivity contribution in [3.63, 3.8) is 0 Å². The van der Waals surface area contributed by atoms with Gasteiger partial charge in [0.05, 0.1) is 12.2 Å². The number of ether oxygens (including phenoxy) is 1. The molecule has 1 saturated heterocycles. The Morgan fingerprint density at radius 2 is 2.29 bits per heavy atom. The molecule has 0 spiro atoms. The van der Waals surface area contributed by atoms with Crippen LogP contribution in [0, 0.1) is 5.82 Å². The molecule has 21 heavy (non-hydrogen) atoms. The van der Waals surface area contributed by atoms with Crippen molar-refractivity contribution in [2.75, 3.05) is 23.7 Å². The second-order valence-corrected chi connectivity index (χ2v) is 6.16. The lowest BCUT2D eigenvalue weighted by atomic mass is 10.2. The standard InChI is InChI=1S/C15H21FN2O2S/c1-2-3-4-7-21-14-6-5-11(8-13(14)16)18-10-12(9-17)20-15(18)19/h5-6,8,12H,2-4,7,9-10,17H2,1H3/t12-/m0/s1. The summed E-state index contributed by atoms with van der Waals surface area (Å²) < 4.78 is 19.2. The fraction of sp³-hybridized carbons (Fsp3) is 0.533. The Morgan fingerprint density at radius 1 is 1.48 bits per heavy atom. The van der Waals surface area contributed by atoms with Crippen LogP contribution in [-0.4, -0.2) is 31.0 Å². The zero-order valence-corrected chi connectivity index (χ0v) is 13.0. The first-order valence-electron chi connectivity index (χ1n) is 7.26. The number of nitrogens with two attached hydrogens (primary N) is 1. The molecule has 4 nitrogen and oxygen atoms in total. The summed E-state index contributed by atoms with van der Waals surface area (Å²) in [5, 5.41) is 0. The number of halogens is 1. The van der Waals surface area contributed by atoms with Crippen molar-refractivity contribution in [2.24, 2.45) is 5.73 Å². The molecule has 0 saturated carbocycles. The fourth-order valence-electron chi connectivity index (χ4n) is 2.16. The molecule has 116 valence electrons. The summed E-state index contributed by atoms with van der Waals surface area (Å²) in [6.45, 7) is 2.79. The number of benzene rings is 1. The van der Waals surface area contributed by atoms with E-state index in [-0.39, 0.29) is 18.5 Å². The second-order valence-electron chi connectivity index (χ2n) is 5.02. The number of hydrogen-bond acceptors (Lipinski definition) is 4. The summed E-state index contributed by atoms with van der Waals surface area (Å²) >= 11 is 1.51. The van der Waals surface area contributed by atoms with Crippen molar-refractivity contribution in [3.05, 3.63) is 24.0 Å². The highest BCUT2D eigenvalue weighted by atomic mass is 32.2. The number of cyclic esters (lactones) is 1. The third-order valence-electron chi connectivity index (χ3n) is 3.37. The lowest BCUT2D eigenvalue weighted by Gasteiger charge is -2.14. The molecule has 1 aliphatic rings. The van der Waals surface area contributed by atoms with E-state index in [9.17, 15) is 9.18 Å². The third-order valence-corrected chi connectivity index (χ3v) is 4.50. The minimum absolute atomic E-state index is 0.274.